The van der Waals surface area contributed by atoms with E-state index < -0.39 is 6.04 Å². The molecule has 6 heteroatoms. The Morgan fingerprint density at radius 1 is 1.13 bits per heavy atom. The van der Waals surface area contributed by atoms with E-state index in [1.54, 1.807) is 11.1 Å². The second-order valence-corrected chi connectivity index (χ2v) is 8.10. The fraction of sp³-hybridized carbons (Fsp3) is 0.458. The molecule has 6 nitrogen and oxygen atoms in total. The van der Waals surface area contributed by atoms with E-state index in [4.69, 9.17) is 4.74 Å². The molecule has 1 aromatic heterocycles. The van der Waals surface area contributed by atoms with Gasteiger partial charge >= 0.3 is 0 Å². The molecule has 2 aliphatic rings. The van der Waals surface area contributed by atoms with Crippen LogP contribution >= 0.6 is 0 Å². The van der Waals surface area contributed by atoms with Crippen LogP contribution in [0.1, 0.15) is 62.1 Å². The van der Waals surface area contributed by atoms with Crippen LogP contribution in [0.3, 0.4) is 0 Å². The monoisotopic (exact) mass is 407 g/mol. The van der Waals surface area contributed by atoms with Crippen LogP contribution in [-0.2, 0) is 16.1 Å². The zero-order chi connectivity index (χ0) is 20.8. The van der Waals surface area contributed by atoms with Crippen molar-refractivity contribution < 1.29 is 14.3 Å². The lowest BCUT2D eigenvalue weighted by molar-refractivity contribution is -0.142. The lowest BCUT2D eigenvalue weighted by Gasteiger charge is -2.34. The molecule has 1 atom stereocenters. The van der Waals surface area contributed by atoms with Gasteiger partial charge in [0.25, 0.3) is 0 Å². The third-order valence-electron chi connectivity index (χ3n) is 5.89. The first kappa shape index (κ1) is 20.4. The van der Waals surface area contributed by atoms with Gasteiger partial charge in [-0.05, 0) is 55.7 Å². The van der Waals surface area contributed by atoms with E-state index in [2.05, 4.69) is 10.3 Å². The zero-order valence-corrected chi connectivity index (χ0v) is 17.3. The van der Waals surface area contributed by atoms with Crippen LogP contribution in [0.4, 0.5) is 0 Å². The summed E-state index contributed by atoms with van der Waals surface area (Å²) < 4.78 is 5.97. The number of carbonyl (C=O) groups is 2. The van der Waals surface area contributed by atoms with E-state index in [0.29, 0.717) is 25.4 Å². The molecule has 1 saturated heterocycles. The van der Waals surface area contributed by atoms with Crippen LogP contribution in [0.25, 0.3) is 0 Å². The highest BCUT2D eigenvalue weighted by molar-refractivity contribution is 5.89. The molecule has 1 aliphatic heterocycles. The molecule has 1 aliphatic carbocycles. The van der Waals surface area contributed by atoms with Crippen LogP contribution < -0.4 is 10.1 Å². The minimum atomic E-state index is -0.602. The average molecular weight is 408 g/mol. The van der Waals surface area contributed by atoms with Gasteiger partial charge in [-0.3, -0.25) is 9.59 Å². The van der Waals surface area contributed by atoms with E-state index in [-0.39, 0.29) is 17.9 Å². The Balaban J connectivity index is 1.44. The van der Waals surface area contributed by atoms with Gasteiger partial charge in [0.1, 0.15) is 12.1 Å². The van der Waals surface area contributed by atoms with Gasteiger partial charge in [0, 0.05) is 31.8 Å². The Morgan fingerprint density at radius 2 is 1.93 bits per heavy atom. The molecule has 1 aromatic carbocycles. The number of ether oxygens (including phenoxy) is 1. The molecular formula is C24H29N3O3. The fourth-order valence-corrected chi connectivity index (χ4v) is 4.30. The van der Waals surface area contributed by atoms with Crippen LogP contribution in [0.2, 0.25) is 0 Å². The van der Waals surface area contributed by atoms with Crippen molar-refractivity contribution in [2.24, 2.45) is 0 Å². The van der Waals surface area contributed by atoms with Gasteiger partial charge in [0.05, 0.1) is 0 Å². The van der Waals surface area contributed by atoms with Gasteiger partial charge in [-0.15, -0.1) is 0 Å². The molecular weight excluding hydrogens is 378 g/mol. The van der Waals surface area contributed by atoms with Crippen molar-refractivity contribution in [1.82, 2.24) is 15.2 Å². The smallest absolute Gasteiger partial charge is 0.247 e. The molecule has 158 valence electrons. The van der Waals surface area contributed by atoms with Gasteiger partial charge in [-0.2, -0.15) is 0 Å². The van der Waals surface area contributed by atoms with Crippen molar-refractivity contribution in [3.05, 3.63) is 59.8 Å². The average Bonchev–Trinajstić information content (AvgIpc) is 3.28. The molecule has 1 saturated carbocycles. The van der Waals surface area contributed by atoms with E-state index in [9.17, 15) is 9.59 Å². The van der Waals surface area contributed by atoms with Crippen molar-refractivity contribution in [3.8, 4) is 5.88 Å². The van der Waals surface area contributed by atoms with Crippen molar-refractivity contribution in [2.75, 3.05) is 6.54 Å². The molecule has 2 heterocycles. The summed E-state index contributed by atoms with van der Waals surface area (Å²) in [6, 6.07) is 12.7. The first-order chi connectivity index (χ1) is 14.7. The number of aromatic nitrogens is 1. The summed E-state index contributed by atoms with van der Waals surface area (Å²) in [6.45, 7) is 0.980. The first-order valence-corrected chi connectivity index (χ1v) is 10.9. The summed E-state index contributed by atoms with van der Waals surface area (Å²) in [5.41, 5.74) is 1.77. The largest absolute Gasteiger partial charge is 0.474 e. The highest BCUT2D eigenvalue weighted by Crippen LogP contribution is 2.26. The van der Waals surface area contributed by atoms with Gasteiger partial charge in [-0.25, -0.2) is 4.98 Å². The maximum atomic E-state index is 13.2. The van der Waals surface area contributed by atoms with Crippen molar-refractivity contribution in [1.29, 1.82) is 0 Å². The zero-order valence-electron chi connectivity index (χ0n) is 17.3. The Kier molecular flexibility index (Phi) is 6.62. The van der Waals surface area contributed by atoms with Gasteiger partial charge in [-0.1, -0.05) is 30.3 Å². The predicted molar refractivity (Wildman–Crippen MR) is 114 cm³/mol. The number of hydrogen-bond donors (Lipinski definition) is 1. The van der Waals surface area contributed by atoms with Crippen molar-refractivity contribution >= 4 is 11.8 Å². The van der Waals surface area contributed by atoms with E-state index >= 15 is 0 Å². The molecule has 2 fully saturated rings. The summed E-state index contributed by atoms with van der Waals surface area (Å²) in [7, 11) is 0. The molecule has 0 spiro atoms. The summed E-state index contributed by atoms with van der Waals surface area (Å²) in [5.74, 6) is 0.493. The van der Waals surface area contributed by atoms with Crippen LogP contribution in [0.15, 0.2) is 48.7 Å². The molecule has 0 bridgehead atoms. The van der Waals surface area contributed by atoms with Crippen molar-refractivity contribution in [3.63, 3.8) is 0 Å². The summed E-state index contributed by atoms with van der Waals surface area (Å²) in [5, 5.41) is 3.02. The molecule has 4 rings (SSSR count). The second kappa shape index (κ2) is 9.74. The van der Waals surface area contributed by atoms with Gasteiger partial charge < -0.3 is 15.0 Å². The normalized spacial score (nSPS) is 18.3. The number of amides is 2. The Morgan fingerprint density at radius 3 is 2.70 bits per heavy atom. The number of piperidine rings is 1. The maximum Gasteiger partial charge on any atom is 0.247 e. The first-order valence-electron chi connectivity index (χ1n) is 10.9. The molecule has 1 unspecified atom stereocenters. The summed E-state index contributed by atoms with van der Waals surface area (Å²) in [4.78, 5) is 31.7. The third kappa shape index (κ3) is 4.99. The van der Waals surface area contributed by atoms with Gasteiger partial charge in [0.2, 0.25) is 17.7 Å². The molecule has 30 heavy (non-hydrogen) atoms. The number of likely N-dealkylation sites (tertiary alicyclic amines) is 1. The maximum absolute atomic E-state index is 13.2. The lowest BCUT2D eigenvalue weighted by Crippen LogP contribution is -2.45. The Hall–Kier alpha value is -2.89. The Labute approximate surface area is 177 Å². The van der Waals surface area contributed by atoms with E-state index in [1.807, 2.05) is 42.5 Å². The lowest BCUT2D eigenvalue weighted by atomic mass is 10.0. The van der Waals surface area contributed by atoms with Gasteiger partial charge in [0.15, 0.2) is 0 Å². The highest BCUT2D eigenvalue weighted by atomic mass is 16.5. The standard InChI is InChI=1S/C24H29N3O3/c28-22-12-6-7-15-27(22)23(19-8-2-1-3-9-19)24(29)26-17-18-13-14-25-21(16-18)30-20-10-4-5-11-20/h1-3,8-9,13-14,16,20,23H,4-7,10-12,15,17H2,(H,26,29). The van der Waals surface area contributed by atoms with E-state index in [1.165, 1.54) is 12.8 Å². The Bertz CT molecular complexity index is 865. The molecule has 0 radical (unpaired) electrons. The predicted octanol–water partition coefficient (Wildman–Crippen LogP) is 3.77. The number of pyridine rings is 1. The van der Waals surface area contributed by atoms with E-state index in [0.717, 1.165) is 36.8 Å². The SMILES string of the molecule is O=C(NCc1ccnc(OC2CCCC2)c1)C(c1ccccc1)N1CCCCC1=O. The molecule has 1 N–H and O–H groups in total. The number of nitrogens with zero attached hydrogens (tertiary/aromatic N) is 2. The van der Waals surface area contributed by atoms with Crippen LogP contribution in [0, 0.1) is 0 Å². The number of nitrogens with one attached hydrogen (secondary N) is 1. The molecule has 2 amide bonds. The quantitative estimate of drug-likeness (QED) is 0.758. The van der Waals surface area contributed by atoms with Crippen molar-refractivity contribution in [2.45, 2.75) is 63.6 Å². The number of carbonyl (C=O) groups excluding carboxylic acids is 2. The molecule has 2 aromatic rings. The topological polar surface area (TPSA) is 71.5 Å². The van der Waals surface area contributed by atoms with Crippen LogP contribution in [0.5, 0.6) is 5.88 Å². The summed E-state index contributed by atoms with van der Waals surface area (Å²) >= 11 is 0. The summed E-state index contributed by atoms with van der Waals surface area (Å²) in [6.07, 6.45) is 8.84. The third-order valence-corrected chi connectivity index (χ3v) is 5.89. The number of hydrogen-bond acceptors (Lipinski definition) is 4. The fourth-order valence-electron chi connectivity index (χ4n) is 4.30. The minimum Gasteiger partial charge on any atom is -0.474 e. The van der Waals surface area contributed by atoms with Crippen LogP contribution in [-0.4, -0.2) is 34.3 Å². The number of rotatable bonds is 7. The highest BCUT2D eigenvalue weighted by Gasteiger charge is 2.32. The second-order valence-electron chi connectivity index (χ2n) is 8.10. The minimum absolute atomic E-state index is 0.0430. The number of benzene rings is 1.